The highest BCUT2D eigenvalue weighted by Gasteiger charge is 2.26. The molecule has 5 heteroatoms. The standard InChI is InChI=1S/C20H21N3O2/c1-13(18-14(2)23-25-15(18)3)20(24)22-19(16-7-5-4-6-8-16)17-9-11-21-12-10-17/h4-13,19H,1-3H3,(H,22,24)/t13-,19+/m1/s1. The quantitative estimate of drug-likeness (QED) is 0.772. The van der Waals surface area contributed by atoms with Gasteiger partial charge in [0.2, 0.25) is 5.91 Å². The normalized spacial score (nSPS) is 13.2. The van der Waals surface area contributed by atoms with Crippen LogP contribution in [0.5, 0.6) is 0 Å². The van der Waals surface area contributed by atoms with Gasteiger partial charge in [-0.1, -0.05) is 35.5 Å². The Morgan fingerprint density at radius 3 is 2.28 bits per heavy atom. The zero-order valence-corrected chi connectivity index (χ0v) is 14.6. The van der Waals surface area contributed by atoms with Crippen molar-refractivity contribution >= 4 is 5.91 Å². The molecule has 128 valence electrons. The zero-order chi connectivity index (χ0) is 17.8. The summed E-state index contributed by atoms with van der Waals surface area (Å²) in [5, 5.41) is 7.11. The van der Waals surface area contributed by atoms with Crippen LogP contribution in [0.4, 0.5) is 0 Å². The Balaban J connectivity index is 1.89. The van der Waals surface area contributed by atoms with Gasteiger partial charge in [0.05, 0.1) is 17.7 Å². The average Bonchev–Trinajstić information content (AvgIpc) is 2.98. The monoisotopic (exact) mass is 335 g/mol. The average molecular weight is 335 g/mol. The van der Waals surface area contributed by atoms with E-state index in [0.717, 1.165) is 22.4 Å². The van der Waals surface area contributed by atoms with Gasteiger partial charge in [0.25, 0.3) is 0 Å². The second-order valence-corrected chi connectivity index (χ2v) is 6.09. The van der Waals surface area contributed by atoms with E-state index in [4.69, 9.17) is 4.52 Å². The largest absolute Gasteiger partial charge is 0.361 e. The summed E-state index contributed by atoms with van der Waals surface area (Å²) in [5.74, 6) is 0.264. The van der Waals surface area contributed by atoms with Gasteiger partial charge >= 0.3 is 0 Å². The van der Waals surface area contributed by atoms with E-state index in [1.807, 2.05) is 63.2 Å². The number of rotatable bonds is 5. The molecular formula is C20H21N3O2. The van der Waals surface area contributed by atoms with E-state index in [1.165, 1.54) is 0 Å². The van der Waals surface area contributed by atoms with Crippen molar-refractivity contribution in [2.24, 2.45) is 0 Å². The van der Waals surface area contributed by atoms with Crippen LogP contribution in [0.3, 0.4) is 0 Å². The van der Waals surface area contributed by atoms with Gasteiger partial charge in [0.1, 0.15) is 5.76 Å². The van der Waals surface area contributed by atoms with E-state index < -0.39 is 0 Å². The second-order valence-electron chi connectivity index (χ2n) is 6.09. The molecule has 3 rings (SSSR count). The van der Waals surface area contributed by atoms with Gasteiger partial charge in [-0.15, -0.1) is 0 Å². The Hall–Kier alpha value is -2.95. The lowest BCUT2D eigenvalue weighted by molar-refractivity contribution is -0.122. The van der Waals surface area contributed by atoms with E-state index in [-0.39, 0.29) is 17.9 Å². The maximum atomic E-state index is 12.9. The minimum atomic E-state index is -0.348. The SMILES string of the molecule is Cc1noc(C)c1[C@@H](C)C(=O)N[C@@H](c1ccccc1)c1ccncc1. The molecule has 1 N–H and O–H groups in total. The molecule has 0 spiro atoms. The lowest BCUT2D eigenvalue weighted by atomic mass is 9.95. The van der Waals surface area contributed by atoms with Crippen LogP contribution >= 0.6 is 0 Å². The first-order chi connectivity index (χ1) is 12.1. The molecule has 25 heavy (non-hydrogen) atoms. The molecule has 1 amide bonds. The van der Waals surface area contributed by atoms with Crippen molar-refractivity contribution < 1.29 is 9.32 Å². The van der Waals surface area contributed by atoms with Crippen molar-refractivity contribution in [2.75, 3.05) is 0 Å². The molecular weight excluding hydrogens is 314 g/mol. The van der Waals surface area contributed by atoms with Crippen molar-refractivity contribution in [1.82, 2.24) is 15.5 Å². The van der Waals surface area contributed by atoms with E-state index in [0.29, 0.717) is 5.76 Å². The number of aryl methyl sites for hydroxylation is 2. The minimum absolute atomic E-state index is 0.0694. The van der Waals surface area contributed by atoms with Gasteiger partial charge in [-0.3, -0.25) is 9.78 Å². The third-order valence-corrected chi connectivity index (χ3v) is 4.37. The summed E-state index contributed by atoms with van der Waals surface area (Å²) in [6.45, 7) is 5.56. The fourth-order valence-electron chi connectivity index (χ4n) is 3.07. The van der Waals surface area contributed by atoms with Gasteiger partial charge in [-0.05, 0) is 44.0 Å². The number of carbonyl (C=O) groups excluding carboxylic acids is 1. The number of nitrogens with one attached hydrogen (secondary N) is 1. The highest BCUT2D eigenvalue weighted by atomic mass is 16.5. The molecule has 2 aromatic heterocycles. The molecule has 3 aromatic rings. The van der Waals surface area contributed by atoms with Crippen LogP contribution in [0, 0.1) is 13.8 Å². The summed E-state index contributed by atoms with van der Waals surface area (Å²) in [4.78, 5) is 17.0. The summed E-state index contributed by atoms with van der Waals surface area (Å²) in [6, 6.07) is 13.5. The van der Waals surface area contributed by atoms with Crippen molar-refractivity contribution in [2.45, 2.75) is 32.7 Å². The Bertz CT molecular complexity index is 785. The number of hydrogen-bond donors (Lipinski definition) is 1. The topological polar surface area (TPSA) is 68.0 Å². The van der Waals surface area contributed by atoms with Crippen LogP contribution in [-0.2, 0) is 4.79 Å². The molecule has 0 aliphatic heterocycles. The lowest BCUT2D eigenvalue weighted by Gasteiger charge is -2.22. The first-order valence-corrected chi connectivity index (χ1v) is 8.26. The molecule has 2 heterocycles. The highest BCUT2D eigenvalue weighted by molar-refractivity contribution is 5.84. The molecule has 0 aliphatic rings. The van der Waals surface area contributed by atoms with E-state index >= 15 is 0 Å². The van der Waals surface area contributed by atoms with E-state index in [9.17, 15) is 4.79 Å². The van der Waals surface area contributed by atoms with E-state index in [2.05, 4.69) is 15.5 Å². The van der Waals surface area contributed by atoms with Gasteiger partial charge in [-0.2, -0.15) is 0 Å². The summed E-state index contributed by atoms with van der Waals surface area (Å²) < 4.78 is 5.20. The maximum Gasteiger partial charge on any atom is 0.228 e. The number of carbonyl (C=O) groups is 1. The van der Waals surface area contributed by atoms with Crippen molar-refractivity contribution in [3.05, 3.63) is 83.0 Å². The van der Waals surface area contributed by atoms with Crippen molar-refractivity contribution in [1.29, 1.82) is 0 Å². The van der Waals surface area contributed by atoms with E-state index in [1.54, 1.807) is 12.4 Å². The number of hydrogen-bond acceptors (Lipinski definition) is 4. The number of pyridine rings is 1. The molecule has 0 unspecified atom stereocenters. The first kappa shape index (κ1) is 16.9. The van der Waals surface area contributed by atoms with Crippen molar-refractivity contribution in [3.8, 4) is 0 Å². The Morgan fingerprint density at radius 1 is 1.04 bits per heavy atom. The predicted molar refractivity (Wildman–Crippen MR) is 95.1 cm³/mol. The van der Waals surface area contributed by atoms with Crippen LogP contribution < -0.4 is 5.32 Å². The molecule has 0 aliphatic carbocycles. The number of aromatic nitrogens is 2. The molecule has 2 atom stereocenters. The summed E-state index contributed by atoms with van der Waals surface area (Å²) in [6.07, 6.45) is 3.46. The Kier molecular flexibility index (Phi) is 4.93. The lowest BCUT2D eigenvalue weighted by Crippen LogP contribution is -2.33. The van der Waals surface area contributed by atoms with Gasteiger partial charge < -0.3 is 9.84 Å². The zero-order valence-electron chi connectivity index (χ0n) is 14.6. The molecule has 0 bridgehead atoms. The third-order valence-electron chi connectivity index (χ3n) is 4.37. The number of amides is 1. The van der Waals surface area contributed by atoms with Gasteiger partial charge in [0, 0.05) is 18.0 Å². The minimum Gasteiger partial charge on any atom is -0.361 e. The number of nitrogens with zero attached hydrogens (tertiary/aromatic N) is 2. The molecule has 0 saturated heterocycles. The van der Waals surface area contributed by atoms with Crippen molar-refractivity contribution in [3.63, 3.8) is 0 Å². The molecule has 5 nitrogen and oxygen atoms in total. The summed E-state index contributed by atoms with van der Waals surface area (Å²) in [7, 11) is 0. The summed E-state index contributed by atoms with van der Waals surface area (Å²) in [5.41, 5.74) is 3.60. The fraction of sp³-hybridized carbons (Fsp3) is 0.250. The number of benzene rings is 1. The smallest absolute Gasteiger partial charge is 0.228 e. The van der Waals surface area contributed by atoms with Gasteiger partial charge in [-0.25, -0.2) is 0 Å². The summed E-state index contributed by atoms with van der Waals surface area (Å²) >= 11 is 0. The molecule has 0 radical (unpaired) electrons. The maximum absolute atomic E-state index is 12.9. The predicted octanol–water partition coefficient (Wildman–Crippen LogP) is 3.70. The molecule has 0 saturated carbocycles. The van der Waals surface area contributed by atoms with Crippen LogP contribution in [0.1, 0.15) is 47.0 Å². The highest BCUT2D eigenvalue weighted by Crippen LogP contribution is 2.26. The van der Waals surface area contributed by atoms with Gasteiger partial charge in [0.15, 0.2) is 0 Å². The Morgan fingerprint density at radius 2 is 1.68 bits per heavy atom. The fourth-order valence-corrected chi connectivity index (χ4v) is 3.07. The molecule has 0 fully saturated rings. The van der Waals surface area contributed by atoms with Crippen LogP contribution in [-0.4, -0.2) is 16.0 Å². The molecule has 1 aromatic carbocycles. The third kappa shape index (κ3) is 3.60. The van der Waals surface area contributed by atoms with Crippen LogP contribution in [0.2, 0.25) is 0 Å². The first-order valence-electron chi connectivity index (χ1n) is 8.26. The van der Waals surface area contributed by atoms with Crippen LogP contribution in [0.25, 0.3) is 0 Å². The Labute approximate surface area is 147 Å². The second kappa shape index (κ2) is 7.30. The van der Waals surface area contributed by atoms with Crippen LogP contribution in [0.15, 0.2) is 59.4 Å².